The van der Waals surface area contributed by atoms with Crippen LogP contribution in [0.25, 0.3) is 5.82 Å². The van der Waals surface area contributed by atoms with Gasteiger partial charge in [-0.1, -0.05) is 42.8 Å². The van der Waals surface area contributed by atoms with Gasteiger partial charge in [-0.2, -0.15) is 23.0 Å². The second-order valence-corrected chi connectivity index (χ2v) is 7.83. The Morgan fingerprint density at radius 1 is 1.12 bits per heavy atom. The number of benzene rings is 1. The highest BCUT2D eigenvalue weighted by Crippen LogP contribution is 2.28. The Labute approximate surface area is 188 Å². The van der Waals surface area contributed by atoms with Gasteiger partial charge in [0.1, 0.15) is 5.02 Å². The van der Waals surface area contributed by atoms with Gasteiger partial charge in [0.15, 0.2) is 5.82 Å². The summed E-state index contributed by atoms with van der Waals surface area (Å²) in [5, 5.41) is 7.05. The predicted octanol–water partition coefficient (Wildman–Crippen LogP) is 4.58. The van der Waals surface area contributed by atoms with Crippen LogP contribution in [0.1, 0.15) is 29.7 Å². The SMILES string of the molecule is CCc1ccc(C(CNc2cnn(-c3ccc(C(F)(F)F)cn3)c(=O)c2Cl)N(C)C)cc1. The molecule has 1 aromatic carbocycles. The fourth-order valence-corrected chi connectivity index (χ4v) is 3.37. The number of aryl methyl sites for hydroxylation is 1. The van der Waals surface area contributed by atoms with Crippen molar-refractivity contribution in [1.82, 2.24) is 19.7 Å². The summed E-state index contributed by atoms with van der Waals surface area (Å²) in [6.45, 7) is 2.55. The Hall–Kier alpha value is -2.91. The Kier molecular flexibility index (Phi) is 7.20. The van der Waals surface area contributed by atoms with E-state index in [2.05, 4.69) is 46.6 Å². The lowest BCUT2D eigenvalue weighted by atomic mass is 10.0. The fourth-order valence-electron chi connectivity index (χ4n) is 3.18. The van der Waals surface area contributed by atoms with Crippen molar-refractivity contribution in [3.63, 3.8) is 0 Å². The number of hydrogen-bond donors (Lipinski definition) is 1. The number of hydrogen-bond acceptors (Lipinski definition) is 5. The van der Waals surface area contributed by atoms with E-state index in [0.29, 0.717) is 18.4 Å². The predicted molar refractivity (Wildman–Crippen MR) is 118 cm³/mol. The number of nitrogens with one attached hydrogen (secondary N) is 1. The minimum atomic E-state index is -4.52. The van der Waals surface area contributed by atoms with Gasteiger partial charge in [0.2, 0.25) is 0 Å². The summed E-state index contributed by atoms with van der Waals surface area (Å²) >= 11 is 6.24. The lowest BCUT2D eigenvalue weighted by molar-refractivity contribution is -0.137. The molecule has 0 aliphatic heterocycles. The van der Waals surface area contributed by atoms with Crippen molar-refractivity contribution in [2.24, 2.45) is 0 Å². The molecular weight excluding hydrogens is 443 g/mol. The molecule has 3 rings (SSSR count). The summed E-state index contributed by atoms with van der Waals surface area (Å²) < 4.78 is 39.0. The van der Waals surface area contributed by atoms with Crippen LogP contribution in [0, 0.1) is 0 Å². The van der Waals surface area contributed by atoms with E-state index in [1.165, 1.54) is 11.8 Å². The highest BCUT2D eigenvalue weighted by atomic mass is 35.5. The molecule has 1 unspecified atom stereocenters. The number of nitrogens with zero attached hydrogens (tertiary/aromatic N) is 4. The van der Waals surface area contributed by atoms with Crippen LogP contribution in [0.3, 0.4) is 0 Å². The summed E-state index contributed by atoms with van der Waals surface area (Å²) in [6.07, 6.45) is -1.56. The van der Waals surface area contributed by atoms with Gasteiger partial charge in [0.25, 0.3) is 5.56 Å². The van der Waals surface area contributed by atoms with Crippen molar-refractivity contribution in [2.75, 3.05) is 26.0 Å². The van der Waals surface area contributed by atoms with Gasteiger partial charge in [-0.15, -0.1) is 0 Å². The number of halogens is 4. The van der Waals surface area contributed by atoms with Crippen LogP contribution < -0.4 is 10.9 Å². The van der Waals surface area contributed by atoms with Gasteiger partial charge >= 0.3 is 6.18 Å². The molecule has 0 fully saturated rings. The zero-order valence-electron chi connectivity index (χ0n) is 17.8. The van der Waals surface area contributed by atoms with Crippen LogP contribution in [-0.2, 0) is 12.6 Å². The Morgan fingerprint density at radius 3 is 2.34 bits per heavy atom. The first-order chi connectivity index (χ1) is 15.1. The van der Waals surface area contributed by atoms with E-state index in [4.69, 9.17) is 11.6 Å². The quantitative estimate of drug-likeness (QED) is 0.553. The maximum Gasteiger partial charge on any atom is 0.417 e. The molecule has 3 aromatic rings. The van der Waals surface area contributed by atoms with E-state index < -0.39 is 17.3 Å². The summed E-state index contributed by atoms with van der Waals surface area (Å²) in [7, 11) is 3.91. The summed E-state index contributed by atoms with van der Waals surface area (Å²) in [5.41, 5.74) is 1.08. The van der Waals surface area contributed by atoms with E-state index in [0.717, 1.165) is 28.8 Å². The van der Waals surface area contributed by atoms with E-state index >= 15 is 0 Å². The number of rotatable bonds is 7. The molecule has 1 atom stereocenters. The first-order valence-electron chi connectivity index (χ1n) is 9.92. The first kappa shape index (κ1) is 23.7. The Balaban J connectivity index is 1.80. The monoisotopic (exact) mass is 465 g/mol. The van der Waals surface area contributed by atoms with Crippen molar-refractivity contribution < 1.29 is 13.2 Å². The van der Waals surface area contributed by atoms with Gasteiger partial charge in [-0.25, -0.2) is 4.98 Å². The highest BCUT2D eigenvalue weighted by Gasteiger charge is 2.30. The molecule has 0 saturated heterocycles. The van der Waals surface area contributed by atoms with Crippen LogP contribution in [0.2, 0.25) is 5.02 Å². The normalized spacial score (nSPS) is 12.8. The largest absolute Gasteiger partial charge is 0.417 e. The third-order valence-electron chi connectivity index (χ3n) is 5.09. The number of anilines is 1. The molecule has 0 amide bonds. The van der Waals surface area contributed by atoms with Gasteiger partial charge in [-0.05, 0) is 43.8 Å². The molecule has 6 nitrogen and oxygen atoms in total. The van der Waals surface area contributed by atoms with Gasteiger partial charge < -0.3 is 10.2 Å². The molecule has 0 aliphatic rings. The van der Waals surface area contributed by atoms with E-state index in [9.17, 15) is 18.0 Å². The molecule has 0 saturated carbocycles. The van der Waals surface area contributed by atoms with Crippen molar-refractivity contribution in [3.8, 4) is 5.82 Å². The second kappa shape index (κ2) is 9.70. The topological polar surface area (TPSA) is 63.1 Å². The molecule has 170 valence electrons. The number of pyridine rings is 1. The average Bonchev–Trinajstić information content (AvgIpc) is 2.76. The minimum Gasteiger partial charge on any atom is -0.380 e. The maximum absolute atomic E-state index is 12.7. The molecule has 10 heteroatoms. The molecule has 1 N–H and O–H groups in total. The summed E-state index contributed by atoms with van der Waals surface area (Å²) in [5.74, 6) is -0.0568. The first-order valence-corrected chi connectivity index (χ1v) is 10.3. The van der Waals surface area contributed by atoms with Crippen molar-refractivity contribution in [3.05, 3.63) is 80.9 Å². The molecule has 2 heterocycles. The van der Waals surface area contributed by atoms with Crippen LogP contribution in [0.15, 0.2) is 53.6 Å². The third kappa shape index (κ3) is 5.28. The van der Waals surface area contributed by atoms with Crippen LogP contribution in [0.4, 0.5) is 18.9 Å². The van der Waals surface area contributed by atoms with E-state index in [-0.39, 0.29) is 16.9 Å². The Morgan fingerprint density at radius 2 is 1.81 bits per heavy atom. The van der Waals surface area contributed by atoms with Crippen molar-refractivity contribution >= 4 is 17.3 Å². The Bertz CT molecular complexity index is 1110. The molecule has 0 bridgehead atoms. The van der Waals surface area contributed by atoms with Crippen LogP contribution in [-0.4, -0.2) is 40.3 Å². The fraction of sp³-hybridized carbons (Fsp3) is 0.318. The van der Waals surface area contributed by atoms with Gasteiger partial charge in [0.05, 0.1) is 23.5 Å². The zero-order chi connectivity index (χ0) is 23.5. The van der Waals surface area contributed by atoms with E-state index in [1.54, 1.807) is 0 Å². The van der Waals surface area contributed by atoms with Crippen molar-refractivity contribution in [2.45, 2.75) is 25.6 Å². The maximum atomic E-state index is 12.7. The summed E-state index contributed by atoms with van der Waals surface area (Å²) in [4.78, 5) is 18.4. The number of aromatic nitrogens is 3. The van der Waals surface area contributed by atoms with Crippen molar-refractivity contribution in [1.29, 1.82) is 0 Å². The van der Waals surface area contributed by atoms with Gasteiger partial charge in [-0.3, -0.25) is 4.79 Å². The lowest BCUT2D eigenvalue weighted by Crippen LogP contribution is -2.28. The second-order valence-electron chi connectivity index (χ2n) is 7.45. The molecular formula is C22H23ClF3N5O. The smallest absolute Gasteiger partial charge is 0.380 e. The molecule has 0 aliphatic carbocycles. The molecule has 0 radical (unpaired) electrons. The molecule has 2 aromatic heterocycles. The number of alkyl halides is 3. The lowest BCUT2D eigenvalue weighted by Gasteiger charge is -2.26. The van der Waals surface area contributed by atoms with Gasteiger partial charge in [0, 0.05) is 12.7 Å². The van der Waals surface area contributed by atoms with Crippen LogP contribution in [0.5, 0.6) is 0 Å². The minimum absolute atomic E-state index is 0.0102. The average molecular weight is 466 g/mol. The molecule has 32 heavy (non-hydrogen) atoms. The highest BCUT2D eigenvalue weighted by molar-refractivity contribution is 6.32. The number of likely N-dealkylation sites (N-methyl/N-ethyl adjacent to an activating group) is 1. The molecule has 0 spiro atoms. The third-order valence-corrected chi connectivity index (χ3v) is 5.46. The summed E-state index contributed by atoms with van der Waals surface area (Å²) in [6, 6.07) is 10.2. The van der Waals surface area contributed by atoms with Crippen LogP contribution >= 0.6 is 11.6 Å². The zero-order valence-corrected chi connectivity index (χ0v) is 18.6. The standard InChI is InChI=1S/C22H23ClF3N5O/c1-4-14-5-7-15(8-6-14)18(30(2)3)13-27-17-12-29-31(21(32)20(17)23)19-10-9-16(11-28-19)22(24,25)26/h5-12,18,27H,4,13H2,1-3H3. The van der Waals surface area contributed by atoms with E-state index in [1.807, 2.05) is 19.0 Å².